The van der Waals surface area contributed by atoms with Gasteiger partial charge in [-0.25, -0.2) is 9.97 Å². The van der Waals surface area contributed by atoms with Gasteiger partial charge in [0.2, 0.25) is 11.9 Å². The molecule has 0 amide bonds. The molecule has 0 aliphatic carbocycles. The van der Waals surface area contributed by atoms with Crippen molar-refractivity contribution in [3.63, 3.8) is 0 Å². The summed E-state index contributed by atoms with van der Waals surface area (Å²) in [6, 6.07) is 0. The molecule has 0 aromatic carbocycles. The van der Waals surface area contributed by atoms with Crippen molar-refractivity contribution < 1.29 is 0 Å². The number of nitrogens with zero attached hydrogens (tertiary/aromatic N) is 7. The maximum absolute atomic E-state index is 12.1. The lowest BCUT2D eigenvalue weighted by molar-refractivity contribution is 0.308. The quantitative estimate of drug-likeness (QED) is 0.302. The average molecular weight is 385 g/mol. The van der Waals surface area contributed by atoms with Crippen molar-refractivity contribution in [1.29, 1.82) is 0 Å². The van der Waals surface area contributed by atoms with Crippen LogP contribution in [0.1, 0.15) is 0 Å². The van der Waals surface area contributed by atoms with Gasteiger partial charge in [0.15, 0.2) is 22.3 Å². The zero-order chi connectivity index (χ0) is 19.8. The van der Waals surface area contributed by atoms with E-state index in [-0.39, 0.29) is 23.0 Å². The predicted octanol–water partition coefficient (Wildman–Crippen LogP) is -1.65. The molecule has 0 bridgehead atoms. The number of anilines is 2. The molecule has 4 rings (SSSR count). The fraction of sp³-hybridized carbons (Fsp3) is 0.333. The summed E-state index contributed by atoms with van der Waals surface area (Å²) in [6.45, 7) is 2.41. The lowest BCUT2D eigenvalue weighted by Gasteiger charge is -2.17. The maximum Gasteiger partial charge on any atom is 0.278 e. The molecule has 0 saturated heterocycles. The molecule has 0 atom stereocenters. The molecule has 13 heteroatoms. The van der Waals surface area contributed by atoms with Crippen LogP contribution in [0.25, 0.3) is 22.3 Å². The monoisotopic (exact) mass is 385 g/mol. The number of aromatic amines is 2. The Hall–Kier alpha value is -3.74. The molecule has 0 unspecified atom stereocenters. The SMILES string of the molecule is CN(CCn1cnc2nc(N)[nH]c(=O)c21)CCn1cnc2nc(N)[nH]c(=O)c21. The molecule has 4 aromatic rings. The van der Waals surface area contributed by atoms with Crippen LogP contribution in [0.15, 0.2) is 22.2 Å². The van der Waals surface area contributed by atoms with Crippen molar-refractivity contribution >= 4 is 34.2 Å². The third-order valence-corrected chi connectivity index (χ3v) is 4.45. The van der Waals surface area contributed by atoms with Crippen molar-refractivity contribution in [3.05, 3.63) is 33.4 Å². The summed E-state index contributed by atoms with van der Waals surface area (Å²) in [4.78, 5) is 47.5. The fourth-order valence-corrected chi connectivity index (χ4v) is 3.01. The Balaban J connectivity index is 1.43. The molecular weight excluding hydrogens is 366 g/mol. The van der Waals surface area contributed by atoms with E-state index in [1.807, 2.05) is 7.05 Å². The minimum absolute atomic E-state index is 0.0404. The number of nitrogens with two attached hydrogens (primary N) is 2. The van der Waals surface area contributed by atoms with Crippen LogP contribution in [0.4, 0.5) is 11.9 Å². The van der Waals surface area contributed by atoms with Crippen LogP contribution >= 0.6 is 0 Å². The summed E-state index contributed by atoms with van der Waals surface area (Å²) in [5.41, 5.74) is 11.8. The predicted molar refractivity (Wildman–Crippen MR) is 103 cm³/mol. The van der Waals surface area contributed by atoms with E-state index in [0.717, 1.165) is 0 Å². The van der Waals surface area contributed by atoms with E-state index in [9.17, 15) is 9.59 Å². The maximum atomic E-state index is 12.1. The van der Waals surface area contributed by atoms with Gasteiger partial charge in [0.25, 0.3) is 11.1 Å². The molecule has 0 radical (unpaired) electrons. The van der Waals surface area contributed by atoms with Gasteiger partial charge >= 0.3 is 0 Å². The number of imidazole rings is 2. The van der Waals surface area contributed by atoms with Crippen LogP contribution in [-0.2, 0) is 13.1 Å². The lowest BCUT2D eigenvalue weighted by Crippen LogP contribution is -2.28. The summed E-state index contributed by atoms with van der Waals surface area (Å²) in [5.74, 6) is 0.0809. The summed E-state index contributed by atoms with van der Waals surface area (Å²) in [5, 5.41) is 0. The molecule has 146 valence electrons. The first-order valence-electron chi connectivity index (χ1n) is 8.52. The van der Waals surface area contributed by atoms with Gasteiger partial charge in [-0.05, 0) is 7.05 Å². The Morgan fingerprint density at radius 2 is 1.32 bits per heavy atom. The van der Waals surface area contributed by atoms with Gasteiger partial charge in [0.05, 0.1) is 12.7 Å². The Morgan fingerprint density at radius 3 is 1.75 bits per heavy atom. The molecule has 28 heavy (non-hydrogen) atoms. The first-order chi connectivity index (χ1) is 13.4. The highest BCUT2D eigenvalue weighted by molar-refractivity contribution is 5.71. The van der Waals surface area contributed by atoms with E-state index < -0.39 is 0 Å². The topological polar surface area (TPSA) is 182 Å². The van der Waals surface area contributed by atoms with Gasteiger partial charge in [-0.2, -0.15) is 9.97 Å². The number of likely N-dealkylation sites (N-methyl/N-ethyl adjacent to an activating group) is 1. The third kappa shape index (κ3) is 3.18. The number of fused-ring (bicyclic) bond motifs is 2. The molecule has 6 N–H and O–H groups in total. The summed E-state index contributed by atoms with van der Waals surface area (Å²) in [7, 11) is 1.94. The normalized spacial score (nSPS) is 11.8. The molecule has 0 aliphatic rings. The molecule has 4 aromatic heterocycles. The van der Waals surface area contributed by atoms with Gasteiger partial charge in [0, 0.05) is 26.2 Å². The van der Waals surface area contributed by atoms with Crippen molar-refractivity contribution in [2.45, 2.75) is 13.1 Å². The second kappa shape index (κ2) is 6.77. The summed E-state index contributed by atoms with van der Waals surface area (Å²) < 4.78 is 3.47. The number of hydrogen-bond acceptors (Lipinski definition) is 9. The van der Waals surface area contributed by atoms with Crippen LogP contribution in [0.5, 0.6) is 0 Å². The molecule has 0 fully saturated rings. The van der Waals surface area contributed by atoms with Crippen molar-refractivity contribution in [2.24, 2.45) is 0 Å². The van der Waals surface area contributed by atoms with E-state index >= 15 is 0 Å². The highest BCUT2D eigenvalue weighted by Gasteiger charge is 2.12. The Labute approximate surface area is 157 Å². The van der Waals surface area contributed by atoms with Gasteiger partial charge in [-0.3, -0.25) is 19.6 Å². The Bertz CT molecular complexity index is 1170. The van der Waals surface area contributed by atoms with Crippen LogP contribution in [-0.4, -0.2) is 64.1 Å². The summed E-state index contributed by atoms with van der Waals surface area (Å²) >= 11 is 0. The zero-order valence-corrected chi connectivity index (χ0v) is 15.1. The number of aromatic nitrogens is 8. The standard InChI is InChI=1S/C15H19N11O2/c1-24(2-4-25-6-18-10-8(25)12(27)22-14(16)20-10)3-5-26-7-19-11-9(26)13(28)23-15(17)21-11/h6-7H,2-5H2,1H3,(H3,16,20,22,27)(H3,17,21,23,28). The number of nitrogens with one attached hydrogen (secondary N) is 2. The zero-order valence-electron chi connectivity index (χ0n) is 15.1. The van der Waals surface area contributed by atoms with Crippen LogP contribution in [0, 0.1) is 0 Å². The number of rotatable bonds is 6. The highest BCUT2D eigenvalue weighted by Crippen LogP contribution is 2.07. The Morgan fingerprint density at radius 1 is 0.893 bits per heavy atom. The Kier molecular flexibility index (Phi) is 4.27. The molecule has 0 saturated carbocycles. The molecule has 0 spiro atoms. The second-order valence-electron chi connectivity index (χ2n) is 6.43. The molecule has 13 nitrogen and oxygen atoms in total. The largest absolute Gasteiger partial charge is 0.369 e. The van der Waals surface area contributed by atoms with E-state index in [1.54, 1.807) is 21.8 Å². The second-order valence-corrected chi connectivity index (χ2v) is 6.43. The van der Waals surface area contributed by atoms with E-state index in [4.69, 9.17) is 11.5 Å². The highest BCUT2D eigenvalue weighted by atomic mass is 16.1. The van der Waals surface area contributed by atoms with Gasteiger partial charge in [-0.1, -0.05) is 0 Å². The van der Waals surface area contributed by atoms with Crippen molar-refractivity contribution in [2.75, 3.05) is 31.6 Å². The van der Waals surface area contributed by atoms with Gasteiger partial charge < -0.3 is 25.5 Å². The number of H-pyrrole nitrogens is 2. The first-order valence-corrected chi connectivity index (χ1v) is 8.52. The number of nitrogen functional groups attached to an aromatic ring is 2. The molecular formula is C15H19N11O2. The molecule has 4 heterocycles. The fourth-order valence-electron chi connectivity index (χ4n) is 3.01. The van der Waals surface area contributed by atoms with Crippen LogP contribution < -0.4 is 22.6 Å². The van der Waals surface area contributed by atoms with Crippen molar-refractivity contribution in [3.8, 4) is 0 Å². The number of hydrogen-bond donors (Lipinski definition) is 4. The van der Waals surface area contributed by atoms with E-state index in [2.05, 4.69) is 34.8 Å². The minimum Gasteiger partial charge on any atom is -0.369 e. The van der Waals surface area contributed by atoms with Crippen LogP contribution in [0.2, 0.25) is 0 Å². The van der Waals surface area contributed by atoms with E-state index in [0.29, 0.717) is 48.5 Å². The van der Waals surface area contributed by atoms with Gasteiger partial charge in [-0.15, -0.1) is 0 Å². The molecule has 0 aliphatic heterocycles. The average Bonchev–Trinajstić information content (AvgIpc) is 3.22. The van der Waals surface area contributed by atoms with Gasteiger partial charge in [0.1, 0.15) is 0 Å². The summed E-state index contributed by atoms with van der Waals surface area (Å²) in [6.07, 6.45) is 3.14. The first kappa shape index (κ1) is 17.7. The van der Waals surface area contributed by atoms with E-state index in [1.165, 1.54) is 0 Å². The lowest BCUT2D eigenvalue weighted by atomic mass is 10.4. The minimum atomic E-state index is -0.321. The van der Waals surface area contributed by atoms with Crippen molar-refractivity contribution in [1.82, 2.24) is 43.9 Å². The third-order valence-electron chi connectivity index (χ3n) is 4.45. The van der Waals surface area contributed by atoms with Crippen LogP contribution in [0.3, 0.4) is 0 Å². The smallest absolute Gasteiger partial charge is 0.278 e.